The Morgan fingerprint density at radius 3 is 2.86 bits per heavy atom. The minimum absolute atomic E-state index is 0.218. The van der Waals surface area contributed by atoms with Crippen molar-refractivity contribution in [2.45, 2.75) is 19.9 Å². The van der Waals surface area contributed by atoms with Crippen molar-refractivity contribution >= 4 is 17.2 Å². The van der Waals surface area contributed by atoms with Crippen LogP contribution in [-0.4, -0.2) is 9.78 Å². The van der Waals surface area contributed by atoms with E-state index in [0.29, 0.717) is 0 Å². The molecule has 0 unspecified atom stereocenters. The normalized spacial score (nSPS) is 13.0. The van der Waals surface area contributed by atoms with Crippen molar-refractivity contribution in [3.63, 3.8) is 0 Å². The Labute approximate surface area is 87.2 Å². The van der Waals surface area contributed by atoms with Gasteiger partial charge in [-0.1, -0.05) is 0 Å². The van der Waals surface area contributed by atoms with E-state index in [1.54, 1.807) is 17.5 Å². The largest absolute Gasteiger partial charge is 0.384 e. The minimum atomic E-state index is 0.218. The number of aryl methyl sites for hydroxylation is 1. The van der Waals surface area contributed by atoms with Gasteiger partial charge in [0, 0.05) is 5.56 Å². The maximum atomic E-state index is 5.91. The fraction of sp³-hybridized carbons (Fsp3) is 0.300. The molecule has 74 valence electrons. The summed E-state index contributed by atoms with van der Waals surface area (Å²) in [5.74, 6) is 0.753. The summed E-state index contributed by atoms with van der Waals surface area (Å²) in [6, 6.07) is 2.32. The number of rotatable bonds is 2. The van der Waals surface area contributed by atoms with E-state index in [4.69, 9.17) is 5.73 Å². The molecule has 0 amide bonds. The van der Waals surface area contributed by atoms with Crippen molar-refractivity contribution in [2.24, 2.45) is 0 Å². The number of hydrogen-bond donors (Lipinski definition) is 1. The molecular formula is C10H13N3S. The Balaban J connectivity index is 2.36. The third-order valence-corrected chi connectivity index (χ3v) is 3.12. The quantitative estimate of drug-likeness (QED) is 0.822. The zero-order chi connectivity index (χ0) is 10.1. The van der Waals surface area contributed by atoms with E-state index in [1.807, 2.05) is 11.6 Å². The molecule has 2 aromatic heterocycles. The van der Waals surface area contributed by atoms with Crippen molar-refractivity contribution in [3.05, 3.63) is 34.2 Å². The molecule has 2 heterocycles. The first-order valence-electron chi connectivity index (χ1n) is 4.52. The molecule has 0 aromatic carbocycles. The van der Waals surface area contributed by atoms with Crippen LogP contribution in [0.25, 0.3) is 0 Å². The second-order valence-electron chi connectivity index (χ2n) is 3.39. The molecule has 1 atom stereocenters. The van der Waals surface area contributed by atoms with Crippen LogP contribution in [0.5, 0.6) is 0 Å². The molecule has 2 rings (SSSR count). The van der Waals surface area contributed by atoms with Crippen LogP contribution < -0.4 is 5.73 Å². The van der Waals surface area contributed by atoms with Gasteiger partial charge in [-0.3, -0.25) is 0 Å². The van der Waals surface area contributed by atoms with Crippen LogP contribution in [0.2, 0.25) is 0 Å². The zero-order valence-corrected chi connectivity index (χ0v) is 9.08. The maximum Gasteiger partial charge on any atom is 0.125 e. The number of aromatic nitrogens is 2. The monoisotopic (exact) mass is 207 g/mol. The highest BCUT2D eigenvalue weighted by molar-refractivity contribution is 7.07. The van der Waals surface area contributed by atoms with E-state index >= 15 is 0 Å². The Morgan fingerprint density at radius 2 is 2.36 bits per heavy atom. The molecule has 0 aliphatic rings. The van der Waals surface area contributed by atoms with E-state index in [2.05, 4.69) is 28.8 Å². The summed E-state index contributed by atoms with van der Waals surface area (Å²) in [7, 11) is 0. The Bertz CT molecular complexity index is 417. The molecule has 2 aromatic rings. The van der Waals surface area contributed by atoms with Crippen LogP contribution in [0.15, 0.2) is 23.0 Å². The Morgan fingerprint density at radius 1 is 1.57 bits per heavy atom. The minimum Gasteiger partial charge on any atom is -0.384 e. The third kappa shape index (κ3) is 1.42. The van der Waals surface area contributed by atoms with Crippen LogP contribution in [0.3, 0.4) is 0 Å². The molecule has 14 heavy (non-hydrogen) atoms. The van der Waals surface area contributed by atoms with Gasteiger partial charge >= 0.3 is 0 Å². The second kappa shape index (κ2) is 3.46. The first-order chi connectivity index (χ1) is 6.70. The number of anilines is 1. The topological polar surface area (TPSA) is 43.8 Å². The van der Waals surface area contributed by atoms with Crippen molar-refractivity contribution in [1.29, 1.82) is 0 Å². The second-order valence-corrected chi connectivity index (χ2v) is 4.17. The van der Waals surface area contributed by atoms with Gasteiger partial charge in [-0.2, -0.15) is 16.4 Å². The number of hydrogen-bond acceptors (Lipinski definition) is 3. The summed E-state index contributed by atoms with van der Waals surface area (Å²) >= 11 is 1.69. The van der Waals surface area contributed by atoms with E-state index in [-0.39, 0.29) is 6.04 Å². The summed E-state index contributed by atoms with van der Waals surface area (Å²) in [6.45, 7) is 4.07. The van der Waals surface area contributed by atoms with Crippen LogP contribution in [0.4, 0.5) is 5.82 Å². The first-order valence-corrected chi connectivity index (χ1v) is 5.46. The van der Waals surface area contributed by atoms with Crippen molar-refractivity contribution in [2.75, 3.05) is 5.73 Å². The molecule has 0 saturated carbocycles. The average Bonchev–Trinajstić information content (AvgIpc) is 2.77. The number of thiophene rings is 1. The Kier molecular flexibility index (Phi) is 2.29. The van der Waals surface area contributed by atoms with Gasteiger partial charge in [-0.05, 0) is 36.2 Å². The van der Waals surface area contributed by atoms with Crippen molar-refractivity contribution in [1.82, 2.24) is 9.78 Å². The molecule has 2 N–H and O–H groups in total. The average molecular weight is 207 g/mol. The third-order valence-electron chi connectivity index (χ3n) is 2.42. The highest BCUT2D eigenvalue weighted by atomic mass is 32.1. The molecule has 0 saturated heterocycles. The summed E-state index contributed by atoms with van der Waals surface area (Å²) in [5, 5.41) is 8.46. The number of nitrogens with zero attached hydrogens (tertiary/aromatic N) is 2. The highest BCUT2D eigenvalue weighted by Gasteiger charge is 2.12. The van der Waals surface area contributed by atoms with Gasteiger partial charge in [0.1, 0.15) is 5.82 Å². The first kappa shape index (κ1) is 9.27. The molecule has 0 aliphatic carbocycles. The van der Waals surface area contributed by atoms with Crippen LogP contribution in [-0.2, 0) is 0 Å². The molecule has 0 spiro atoms. The van der Waals surface area contributed by atoms with Crippen LogP contribution in [0, 0.1) is 6.92 Å². The van der Waals surface area contributed by atoms with Gasteiger partial charge in [-0.15, -0.1) is 0 Å². The van der Waals surface area contributed by atoms with Gasteiger partial charge in [-0.25, -0.2) is 4.68 Å². The maximum absolute atomic E-state index is 5.91. The molecule has 0 bridgehead atoms. The van der Waals surface area contributed by atoms with Crippen molar-refractivity contribution in [3.8, 4) is 0 Å². The molecule has 3 nitrogen and oxygen atoms in total. The summed E-state index contributed by atoms with van der Waals surface area (Å²) in [4.78, 5) is 0. The number of nitrogen functional groups attached to an aromatic ring is 1. The highest BCUT2D eigenvalue weighted by Crippen LogP contribution is 2.23. The summed E-state index contributed by atoms with van der Waals surface area (Å²) in [5.41, 5.74) is 8.20. The van der Waals surface area contributed by atoms with Gasteiger partial charge in [0.05, 0.1) is 12.2 Å². The summed E-state index contributed by atoms with van der Waals surface area (Å²) < 4.78 is 1.86. The van der Waals surface area contributed by atoms with Gasteiger partial charge in [0.2, 0.25) is 0 Å². The fourth-order valence-corrected chi connectivity index (χ4v) is 2.17. The van der Waals surface area contributed by atoms with E-state index < -0.39 is 0 Å². The lowest BCUT2D eigenvalue weighted by atomic mass is 10.2. The molecule has 0 radical (unpaired) electrons. The van der Waals surface area contributed by atoms with Crippen LogP contribution >= 0.6 is 11.3 Å². The molecule has 0 aliphatic heterocycles. The lowest BCUT2D eigenvalue weighted by Gasteiger charge is -2.12. The zero-order valence-electron chi connectivity index (χ0n) is 8.27. The predicted octanol–water partition coefficient (Wildman–Crippen LogP) is 2.44. The fourth-order valence-electron chi connectivity index (χ4n) is 1.42. The van der Waals surface area contributed by atoms with Gasteiger partial charge in [0.15, 0.2) is 0 Å². The van der Waals surface area contributed by atoms with Crippen molar-refractivity contribution < 1.29 is 0 Å². The number of nitrogens with two attached hydrogens (primary N) is 1. The lowest BCUT2D eigenvalue weighted by molar-refractivity contribution is 0.574. The van der Waals surface area contributed by atoms with E-state index in [0.717, 1.165) is 11.4 Å². The van der Waals surface area contributed by atoms with E-state index in [9.17, 15) is 0 Å². The summed E-state index contributed by atoms with van der Waals surface area (Å²) in [6.07, 6.45) is 1.80. The SMILES string of the molecule is Cc1cnn([C@@H](C)c2ccsc2)c1N. The molecule has 4 heteroatoms. The standard InChI is InChI=1S/C10H13N3S/c1-7-5-12-13(10(7)11)8(2)9-3-4-14-6-9/h3-6,8H,11H2,1-2H3/t8-/m0/s1. The lowest BCUT2D eigenvalue weighted by Crippen LogP contribution is -2.10. The van der Waals surface area contributed by atoms with E-state index in [1.165, 1.54) is 5.56 Å². The smallest absolute Gasteiger partial charge is 0.125 e. The molecule has 0 fully saturated rings. The van der Waals surface area contributed by atoms with Gasteiger partial charge in [0.25, 0.3) is 0 Å². The predicted molar refractivity (Wildman–Crippen MR) is 59.5 cm³/mol. The van der Waals surface area contributed by atoms with Gasteiger partial charge < -0.3 is 5.73 Å². The van der Waals surface area contributed by atoms with Crippen LogP contribution in [0.1, 0.15) is 24.1 Å². The Hall–Kier alpha value is -1.29. The molecular weight excluding hydrogens is 194 g/mol.